The summed E-state index contributed by atoms with van der Waals surface area (Å²) in [5.41, 5.74) is 4.26. The Kier molecular flexibility index (Phi) is 5.51. The highest BCUT2D eigenvalue weighted by Crippen LogP contribution is 2.39. The standard InChI is InChI=1S/C24H31N3O/c1-25(2)17-23(28)27-16-22-11-7-6-10-21(22)14-24(19-27)12-13-26(18-24)15-20-8-4-3-5-9-20/h3-11H,12-19H2,1-2H3. The van der Waals surface area contributed by atoms with Crippen LogP contribution in [0.5, 0.6) is 0 Å². The summed E-state index contributed by atoms with van der Waals surface area (Å²) in [6.45, 7) is 5.24. The van der Waals surface area contributed by atoms with Gasteiger partial charge in [-0.15, -0.1) is 0 Å². The average Bonchev–Trinajstić information content (AvgIpc) is 2.96. The number of likely N-dealkylation sites (N-methyl/N-ethyl adjacent to an activating group) is 1. The molecule has 0 bridgehead atoms. The quantitative estimate of drug-likeness (QED) is 0.819. The molecule has 2 aliphatic rings. The molecule has 2 aromatic carbocycles. The van der Waals surface area contributed by atoms with Crippen molar-refractivity contribution in [1.82, 2.24) is 14.7 Å². The molecule has 4 heteroatoms. The van der Waals surface area contributed by atoms with Gasteiger partial charge in [0.1, 0.15) is 0 Å². The van der Waals surface area contributed by atoms with Crippen LogP contribution in [0.3, 0.4) is 0 Å². The molecule has 2 heterocycles. The maximum absolute atomic E-state index is 13.0. The van der Waals surface area contributed by atoms with Crippen molar-refractivity contribution >= 4 is 5.91 Å². The van der Waals surface area contributed by atoms with E-state index < -0.39 is 0 Å². The van der Waals surface area contributed by atoms with Crippen LogP contribution in [0.4, 0.5) is 0 Å². The molecule has 148 valence electrons. The van der Waals surface area contributed by atoms with Crippen LogP contribution in [-0.2, 0) is 24.3 Å². The van der Waals surface area contributed by atoms with Crippen molar-refractivity contribution < 1.29 is 4.79 Å². The minimum Gasteiger partial charge on any atom is -0.337 e. The number of carbonyl (C=O) groups is 1. The molecule has 0 N–H and O–H groups in total. The van der Waals surface area contributed by atoms with Crippen LogP contribution in [0, 0.1) is 5.41 Å². The van der Waals surface area contributed by atoms with Crippen molar-refractivity contribution in [2.24, 2.45) is 5.41 Å². The predicted molar refractivity (Wildman–Crippen MR) is 113 cm³/mol. The number of rotatable bonds is 4. The van der Waals surface area contributed by atoms with Gasteiger partial charge in [0.15, 0.2) is 0 Å². The third-order valence-corrected chi connectivity index (χ3v) is 6.14. The fourth-order valence-corrected chi connectivity index (χ4v) is 4.84. The Labute approximate surface area is 168 Å². The van der Waals surface area contributed by atoms with E-state index in [0.717, 1.165) is 45.6 Å². The molecule has 2 aromatic rings. The Morgan fingerprint density at radius 3 is 2.46 bits per heavy atom. The molecule has 1 spiro atoms. The van der Waals surface area contributed by atoms with Crippen molar-refractivity contribution in [3.05, 3.63) is 71.3 Å². The van der Waals surface area contributed by atoms with Gasteiger partial charge in [-0.2, -0.15) is 0 Å². The van der Waals surface area contributed by atoms with Crippen molar-refractivity contribution in [2.45, 2.75) is 25.9 Å². The van der Waals surface area contributed by atoms with E-state index in [4.69, 9.17) is 0 Å². The lowest BCUT2D eigenvalue weighted by Gasteiger charge is -2.33. The summed E-state index contributed by atoms with van der Waals surface area (Å²) in [7, 11) is 3.94. The van der Waals surface area contributed by atoms with E-state index in [1.54, 1.807) is 0 Å². The smallest absolute Gasteiger partial charge is 0.237 e. The van der Waals surface area contributed by atoms with E-state index in [1.807, 2.05) is 19.0 Å². The first-order valence-electron chi connectivity index (χ1n) is 10.3. The van der Waals surface area contributed by atoms with Gasteiger partial charge >= 0.3 is 0 Å². The fourth-order valence-electron chi connectivity index (χ4n) is 4.84. The zero-order valence-corrected chi connectivity index (χ0v) is 17.1. The second-order valence-electron chi connectivity index (χ2n) is 8.88. The topological polar surface area (TPSA) is 26.8 Å². The lowest BCUT2D eigenvalue weighted by atomic mass is 9.80. The van der Waals surface area contributed by atoms with E-state index in [2.05, 4.69) is 64.4 Å². The molecule has 4 rings (SSSR count). The zero-order chi connectivity index (χ0) is 19.6. The number of hydrogen-bond donors (Lipinski definition) is 0. The number of nitrogens with zero attached hydrogens (tertiary/aromatic N) is 3. The normalized spacial score (nSPS) is 22.5. The largest absolute Gasteiger partial charge is 0.337 e. The maximum atomic E-state index is 13.0. The summed E-state index contributed by atoms with van der Waals surface area (Å²) in [5, 5.41) is 0. The molecule has 1 atom stereocenters. The second kappa shape index (κ2) is 8.06. The second-order valence-corrected chi connectivity index (χ2v) is 8.88. The van der Waals surface area contributed by atoms with E-state index >= 15 is 0 Å². The van der Waals surface area contributed by atoms with Gasteiger partial charge in [-0.25, -0.2) is 0 Å². The lowest BCUT2D eigenvalue weighted by Crippen LogP contribution is -2.44. The minimum atomic E-state index is 0.156. The highest BCUT2D eigenvalue weighted by molar-refractivity contribution is 5.78. The van der Waals surface area contributed by atoms with Crippen LogP contribution < -0.4 is 0 Å². The van der Waals surface area contributed by atoms with Gasteiger partial charge in [-0.1, -0.05) is 54.6 Å². The van der Waals surface area contributed by atoms with Gasteiger partial charge in [-0.3, -0.25) is 9.69 Å². The van der Waals surface area contributed by atoms with Crippen molar-refractivity contribution in [3.8, 4) is 0 Å². The summed E-state index contributed by atoms with van der Waals surface area (Å²) in [4.78, 5) is 19.6. The SMILES string of the molecule is CN(C)CC(=O)N1Cc2ccccc2CC2(CCN(Cc3ccccc3)C2)C1. The van der Waals surface area contributed by atoms with Gasteiger partial charge in [-0.05, 0) is 50.2 Å². The molecule has 1 unspecified atom stereocenters. The van der Waals surface area contributed by atoms with Gasteiger partial charge in [0, 0.05) is 31.6 Å². The van der Waals surface area contributed by atoms with Crippen molar-refractivity contribution in [1.29, 1.82) is 0 Å². The van der Waals surface area contributed by atoms with Crippen LogP contribution in [0.2, 0.25) is 0 Å². The average molecular weight is 378 g/mol. The first-order valence-corrected chi connectivity index (χ1v) is 10.3. The molecule has 0 aromatic heterocycles. The Morgan fingerprint density at radius 1 is 1.00 bits per heavy atom. The Hall–Kier alpha value is -2.17. The van der Waals surface area contributed by atoms with Gasteiger partial charge < -0.3 is 9.80 Å². The van der Waals surface area contributed by atoms with E-state index in [0.29, 0.717) is 6.54 Å². The van der Waals surface area contributed by atoms with Crippen LogP contribution >= 0.6 is 0 Å². The third-order valence-electron chi connectivity index (χ3n) is 6.14. The van der Waals surface area contributed by atoms with Gasteiger partial charge in [0.2, 0.25) is 5.91 Å². The fraction of sp³-hybridized carbons (Fsp3) is 0.458. The molecule has 2 aliphatic heterocycles. The number of benzene rings is 2. The molecular formula is C24H31N3O. The van der Waals surface area contributed by atoms with E-state index in [9.17, 15) is 4.79 Å². The van der Waals surface area contributed by atoms with Crippen molar-refractivity contribution in [3.63, 3.8) is 0 Å². The third kappa shape index (κ3) is 4.29. The highest BCUT2D eigenvalue weighted by atomic mass is 16.2. The number of likely N-dealkylation sites (tertiary alicyclic amines) is 1. The van der Waals surface area contributed by atoms with Gasteiger partial charge in [0.05, 0.1) is 6.54 Å². The molecule has 1 saturated heterocycles. The van der Waals surface area contributed by atoms with E-state index in [-0.39, 0.29) is 11.3 Å². The predicted octanol–water partition coefficient (Wildman–Crippen LogP) is 3.03. The Bertz CT molecular complexity index is 820. The van der Waals surface area contributed by atoms with Crippen molar-refractivity contribution in [2.75, 3.05) is 40.3 Å². The first-order chi connectivity index (χ1) is 13.5. The summed E-state index contributed by atoms with van der Waals surface area (Å²) >= 11 is 0. The maximum Gasteiger partial charge on any atom is 0.237 e. The summed E-state index contributed by atoms with van der Waals surface area (Å²) in [5.74, 6) is 0.239. The number of carbonyl (C=O) groups excluding carboxylic acids is 1. The molecule has 0 saturated carbocycles. The summed E-state index contributed by atoms with van der Waals surface area (Å²) in [6.07, 6.45) is 2.22. The summed E-state index contributed by atoms with van der Waals surface area (Å²) < 4.78 is 0. The van der Waals surface area contributed by atoms with Gasteiger partial charge in [0.25, 0.3) is 0 Å². The number of fused-ring (bicyclic) bond motifs is 1. The molecule has 4 nitrogen and oxygen atoms in total. The Morgan fingerprint density at radius 2 is 1.71 bits per heavy atom. The highest BCUT2D eigenvalue weighted by Gasteiger charge is 2.42. The summed E-state index contributed by atoms with van der Waals surface area (Å²) in [6, 6.07) is 19.4. The zero-order valence-electron chi connectivity index (χ0n) is 17.1. The first kappa shape index (κ1) is 19.2. The van der Waals surface area contributed by atoms with Crippen LogP contribution in [0.1, 0.15) is 23.1 Å². The molecule has 1 fully saturated rings. The molecule has 28 heavy (non-hydrogen) atoms. The molecular weight excluding hydrogens is 346 g/mol. The Balaban J connectivity index is 1.56. The monoisotopic (exact) mass is 377 g/mol. The molecule has 1 amide bonds. The van der Waals surface area contributed by atoms with E-state index in [1.165, 1.54) is 16.7 Å². The minimum absolute atomic E-state index is 0.156. The number of amides is 1. The molecule has 0 aliphatic carbocycles. The lowest BCUT2D eigenvalue weighted by molar-refractivity contribution is -0.133. The van der Waals surface area contributed by atoms with Crippen LogP contribution in [0.25, 0.3) is 0 Å². The molecule has 0 radical (unpaired) electrons. The number of hydrogen-bond acceptors (Lipinski definition) is 3. The van der Waals surface area contributed by atoms with Crippen LogP contribution in [0.15, 0.2) is 54.6 Å². The van der Waals surface area contributed by atoms with Crippen LogP contribution in [-0.4, -0.2) is 60.9 Å².